The zero-order valence-corrected chi connectivity index (χ0v) is 12.9. The summed E-state index contributed by atoms with van der Waals surface area (Å²) in [5.41, 5.74) is 0.346. The summed E-state index contributed by atoms with van der Waals surface area (Å²) in [6.45, 7) is 11.0. The van der Waals surface area contributed by atoms with Gasteiger partial charge in [-0.15, -0.1) is 0 Å². The van der Waals surface area contributed by atoms with Gasteiger partial charge in [0.05, 0.1) is 6.10 Å². The maximum atomic E-state index is 5.82. The van der Waals surface area contributed by atoms with Crippen LogP contribution in [0.3, 0.4) is 0 Å². The largest absolute Gasteiger partial charge is 0.378 e. The molecule has 4 atom stereocenters. The summed E-state index contributed by atoms with van der Waals surface area (Å²) in [5, 5.41) is 4.48. The minimum atomic E-state index is 0.346. The van der Waals surface area contributed by atoms with Crippen molar-refractivity contribution in [1.29, 1.82) is 0 Å². The second kappa shape index (κ2) is 7.01. The predicted octanol–water partition coefficient (Wildman–Crippen LogP) is 3.31. The SMILES string of the molecule is CCOC1CC(NCCC(C)SC)C1(C)CC. The molecule has 1 N–H and O–H groups in total. The molecule has 17 heavy (non-hydrogen) atoms. The Morgan fingerprint density at radius 1 is 1.47 bits per heavy atom. The highest BCUT2D eigenvalue weighted by molar-refractivity contribution is 7.99. The van der Waals surface area contributed by atoms with E-state index < -0.39 is 0 Å². The van der Waals surface area contributed by atoms with Gasteiger partial charge in [-0.25, -0.2) is 0 Å². The Morgan fingerprint density at radius 3 is 2.71 bits per heavy atom. The summed E-state index contributed by atoms with van der Waals surface area (Å²) < 4.78 is 5.82. The van der Waals surface area contributed by atoms with E-state index in [1.165, 1.54) is 19.3 Å². The molecular formula is C14H29NOS. The predicted molar refractivity (Wildman–Crippen MR) is 77.8 cm³/mol. The van der Waals surface area contributed by atoms with Crippen molar-refractivity contribution in [1.82, 2.24) is 5.32 Å². The highest BCUT2D eigenvalue weighted by Crippen LogP contribution is 2.45. The lowest BCUT2D eigenvalue weighted by Gasteiger charge is -2.54. The number of ether oxygens (including phenoxy) is 1. The van der Waals surface area contributed by atoms with E-state index in [1.54, 1.807) is 0 Å². The lowest BCUT2D eigenvalue weighted by Crippen LogP contribution is -2.62. The number of thioether (sulfide) groups is 1. The number of hydrogen-bond acceptors (Lipinski definition) is 3. The topological polar surface area (TPSA) is 21.3 Å². The molecule has 1 aliphatic carbocycles. The van der Waals surface area contributed by atoms with Gasteiger partial charge >= 0.3 is 0 Å². The fourth-order valence-electron chi connectivity index (χ4n) is 2.65. The highest BCUT2D eigenvalue weighted by Gasteiger charge is 2.50. The van der Waals surface area contributed by atoms with E-state index in [0.717, 1.165) is 18.4 Å². The minimum absolute atomic E-state index is 0.346. The van der Waals surface area contributed by atoms with Crippen molar-refractivity contribution < 1.29 is 4.74 Å². The van der Waals surface area contributed by atoms with Crippen LogP contribution < -0.4 is 5.32 Å². The van der Waals surface area contributed by atoms with Crippen molar-refractivity contribution in [3.8, 4) is 0 Å². The van der Waals surface area contributed by atoms with Crippen LogP contribution in [0.4, 0.5) is 0 Å². The molecule has 0 radical (unpaired) electrons. The van der Waals surface area contributed by atoms with Gasteiger partial charge in [-0.05, 0) is 39.0 Å². The molecular weight excluding hydrogens is 230 g/mol. The maximum absolute atomic E-state index is 5.82. The fraction of sp³-hybridized carbons (Fsp3) is 1.00. The van der Waals surface area contributed by atoms with Crippen LogP contribution in [-0.4, -0.2) is 36.8 Å². The van der Waals surface area contributed by atoms with Crippen LogP contribution in [0.2, 0.25) is 0 Å². The molecule has 1 saturated carbocycles. The number of hydrogen-bond donors (Lipinski definition) is 1. The summed E-state index contributed by atoms with van der Waals surface area (Å²) in [5.74, 6) is 0. The molecule has 0 heterocycles. The van der Waals surface area contributed by atoms with E-state index in [0.29, 0.717) is 17.6 Å². The molecule has 1 fully saturated rings. The van der Waals surface area contributed by atoms with Crippen molar-refractivity contribution in [3.63, 3.8) is 0 Å². The van der Waals surface area contributed by atoms with Crippen molar-refractivity contribution >= 4 is 11.8 Å². The Labute approximate surface area is 111 Å². The van der Waals surface area contributed by atoms with E-state index in [-0.39, 0.29) is 0 Å². The third kappa shape index (κ3) is 3.62. The van der Waals surface area contributed by atoms with Crippen LogP contribution in [0.1, 0.15) is 47.0 Å². The van der Waals surface area contributed by atoms with Gasteiger partial charge in [0.2, 0.25) is 0 Å². The molecule has 0 aromatic carbocycles. The smallest absolute Gasteiger partial charge is 0.0658 e. The van der Waals surface area contributed by atoms with Crippen molar-refractivity contribution in [3.05, 3.63) is 0 Å². The molecule has 0 aromatic rings. The standard InChI is InChI=1S/C14H29NOS/c1-6-14(4)12(10-13(14)16-7-2)15-9-8-11(3)17-5/h11-13,15H,6-10H2,1-5H3. The lowest BCUT2D eigenvalue weighted by molar-refractivity contribution is -0.125. The van der Waals surface area contributed by atoms with Gasteiger partial charge in [0, 0.05) is 23.3 Å². The Hall–Kier alpha value is 0.270. The van der Waals surface area contributed by atoms with Gasteiger partial charge in [0.1, 0.15) is 0 Å². The van der Waals surface area contributed by atoms with E-state index >= 15 is 0 Å². The molecule has 0 bridgehead atoms. The van der Waals surface area contributed by atoms with E-state index in [9.17, 15) is 0 Å². The minimum Gasteiger partial charge on any atom is -0.378 e. The molecule has 3 heteroatoms. The Morgan fingerprint density at radius 2 is 2.18 bits per heavy atom. The first kappa shape index (κ1) is 15.3. The monoisotopic (exact) mass is 259 g/mol. The molecule has 1 rings (SSSR count). The molecule has 2 nitrogen and oxygen atoms in total. The Bertz CT molecular complexity index is 224. The van der Waals surface area contributed by atoms with Crippen LogP contribution in [0.5, 0.6) is 0 Å². The summed E-state index contributed by atoms with van der Waals surface area (Å²) in [7, 11) is 0. The third-order valence-electron chi connectivity index (χ3n) is 4.45. The first-order chi connectivity index (χ1) is 8.08. The molecule has 1 aliphatic rings. The van der Waals surface area contributed by atoms with Crippen LogP contribution in [0.15, 0.2) is 0 Å². The van der Waals surface area contributed by atoms with Crippen LogP contribution >= 0.6 is 11.8 Å². The van der Waals surface area contributed by atoms with Crippen molar-refractivity contribution in [2.75, 3.05) is 19.4 Å². The fourth-order valence-corrected chi connectivity index (χ4v) is 3.00. The van der Waals surface area contributed by atoms with E-state index in [1.807, 2.05) is 11.8 Å². The number of nitrogens with one attached hydrogen (secondary N) is 1. The molecule has 0 spiro atoms. The van der Waals surface area contributed by atoms with Crippen LogP contribution in [-0.2, 0) is 4.74 Å². The Balaban J connectivity index is 2.31. The van der Waals surface area contributed by atoms with Gasteiger partial charge < -0.3 is 10.1 Å². The van der Waals surface area contributed by atoms with Crippen LogP contribution in [0.25, 0.3) is 0 Å². The molecule has 0 amide bonds. The van der Waals surface area contributed by atoms with Gasteiger partial charge in [-0.1, -0.05) is 20.8 Å². The zero-order chi connectivity index (χ0) is 12.9. The first-order valence-corrected chi connectivity index (χ1v) is 8.25. The average Bonchev–Trinajstić information content (AvgIpc) is 2.35. The van der Waals surface area contributed by atoms with E-state index in [4.69, 9.17) is 4.74 Å². The zero-order valence-electron chi connectivity index (χ0n) is 12.1. The summed E-state index contributed by atoms with van der Waals surface area (Å²) in [6, 6.07) is 0.651. The van der Waals surface area contributed by atoms with Crippen molar-refractivity contribution in [2.45, 2.75) is 64.4 Å². The normalized spacial score (nSPS) is 34.4. The molecule has 4 unspecified atom stereocenters. The quantitative estimate of drug-likeness (QED) is 0.722. The van der Waals surface area contributed by atoms with Gasteiger partial charge in [0.15, 0.2) is 0 Å². The van der Waals surface area contributed by atoms with Gasteiger partial charge in [0.25, 0.3) is 0 Å². The summed E-state index contributed by atoms with van der Waals surface area (Å²) in [6.07, 6.45) is 6.30. The lowest BCUT2D eigenvalue weighted by atomic mass is 9.61. The molecule has 0 saturated heterocycles. The maximum Gasteiger partial charge on any atom is 0.0658 e. The highest BCUT2D eigenvalue weighted by atomic mass is 32.2. The number of rotatable bonds is 8. The first-order valence-electron chi connectivity index (χ1n) is 6.96. The van der Waals surface area contributed by atoms with Crippen molar-refractivity contribution in [2.24, 2.45) is 5.41 Å². The summed E-state index contributed by atoms with van der Waals surface area (Å²) in [4.78, 5) is 0. The third-order valence-corrected chi connectivity index (χ3v) is 5.50. The Kier molecular flexibility index (Phi) is 6.32. The average molecular weight is 259 g/mol. The van der Waals surface area contributed by atoms with Gasteiger partial charge in [-0.3, -0.25) is 0 Å². The van der Waals surface area contributed by atoms with Crippen LogP contribution in [0, 0.1) is 5.41 Å². The summed E-state index contributed by atoms with van der Waals surface area (Å²) >= 11 is 1.95. The molecule has 102 valence electrons. The van der Waals surface area contributed by atoms with Gasteiger partial charge in [-0.2, -0.15) is 11.8 Å². The molecule has 0 aliphatic heterocycles. The second-order valence-electron chi connectivity index (χ2n) is 5.38. The second-order valence-corrected chi connectivity index (χ2v) is 6.66. The van der Waals surface area contributed by atoms with E-state index in [2.05, 4.69) is 39.3 Å². The molecule has 0 aromatic heterocycles.